The van der Waals surface area contributed by atoms with Crippen LogP contribution < -0.4 is 10.5 Å². The Balaban J connectivity index is 3.02. The van der Waals surface area contributed by atoms with E-state index in [2.05, 4.69) is 11.3 Å². The van der Waals surface area contributed by atoms with E-state index in [4.69, 9.17) is 5.73 Å². The quantitative estimate of drug-likeness (QED) is 0.671. The predicted octanol–water partition coefficient (Wildman–Crippen LogP) is 3.20. The highest BCUT2D eigenvalue weighted by Crippen LogP contribution is 2.29. The van der Waals surface area contributed by atoms with E-state index in [1.165, 1.54) is 17.0 Å². The second kappa shape index (κ2) is 6.51. The van der Waals surface area contributed by atoms with Crippen molar-refractivity contribution < 1.29 is 22.7 Å². The zero-order valence-electron chi connectivity index (χ0n) is 11.8. The molecule has 0 fully saturated rings. The molecule has 1 aromatic carbocycles. The number of rotatable bonds is 5. The number of anilines is 1. The van der Waals surface area contributed by atoms with E-state index in [1.54, 1.807) is 6.08 Å². The minimum atomic E-state index is -4.83. The topological polar surface area (TPSA) is 55.6 Å². The van der Waals surface area contributed by atoms with E-state index in [-0.39, 0.29) is 23.2 Å². The van der Waals surface area contributed by atoms with Crippen molar-refractivity contribution in [2.24, 2.45) is 0 Å². The number of nitrogen functional groups attached to an aromatic ring is 1. The number of nitrogens with zero attached hydrogens (tertiary/aromatic N) is 1. The second-order valence-corrected chi connectivity index (χ2v) is 4.64. The third-order valence-electron chi connectivity index (χ3n) is 2.69. The lowest BCUT2D eigenvalue weighted by Crippen LogP contribution is -2.37. The molecule has 0 bridgehead atoms. The summed E-state index contributed by atoms with van der Waals surface area (Å²) < 4.78 is 40.2. The van der Waals surface area contributed by atoms with Crippen LogP contribution in [0.4, 0.5) is 18.9 Å². The molecule has 116 valence electrons. The molecule has 4 nitrogen and oxygen atoms in total. The van der Waals surface area contributed by atoms with Crippen LogP contribution in [0.15, 0.2) is 30.9 Å². The highest BCUT2D eigenvalue weighted by atomic mass is 19.4. The smallest absolute Gasteiger partial charge is 0.404 e. The number of hydrogen-bond acceptors (Lipinski definition) is 3. The molecule has 0 unspecified atom stereocenters. The molecule has 2 N–H and O–H groups in total. The van der Waals surface area contributed by atoms with E-state index in [0.29, 0.717) is 6.54 Å². The Morgan fingerprint density at radius 3 is 2.52 bits per heavy atom. The van der Waals surface area contributed by atoms with Crippen molar-refractivity contribution >= 4 is 11.6 Å². The highest BCUT2D eigenvalue weighted by molar-refractivity contribution is 5.95. The first-order chi connectivity index (χ1) is 9.65. The van der Waals surface area contributed by atoms with Gasteiger partial charge in [0.1, 0.15) is 0 Å². The fourth-order valence-corrected chi connectivity index (χ4v) is 1.73. The first-order valence-electron chi connectivity index (χ1n) is 6.23. The molecule has 0 aliphatic rings. The Bertz CT molecular complexity index is 527. The van der Waals surface area contributed by atoms with Crippen molar-refractivity contribution in [3.05, 3.63) is 36.4 Å². The molecule has 0 heterocycles. The highest BCUT2D eigenvalue weighted by Gasteiger charge is 2.32. The summed E-state index contributed by atoms with van der Waals surface area (Å²) in [6.07, 6.45) is -3.26. The largest absolute Gasteiger partial charge is 0.573 e. The van der Waals surface area contributed by atoms with Crippen LogP contribution in [0.25, 0.3) is 0 Å². The third kappa shape index (κ3) is 4.70. The van der Waals surface area contributed by atoms with Crippen LogP contribution in [0, 0.1) is 0 Å². The summed E-state index contributed by atoms with van der Waals surface area (Å²) in [7, 11) is 0. The van der Waals surface area contributed by atoms with E-state index < -0.39 is 12.1 Å². The van der Waals surface area contributed by atoms with E-state index in [1.807, 2.05) is 13.8 Å². The molecule has 1 aromatic rings. The minimum absolute atomic E-state index is 0.0807. The van der Waals surface area contributed by atoms with Crippen LogP contribution in [0.5, 0.6) is 5.75 Å². The number of halogens is 3. The molecule has 0 saturated heterocycles. The average molecular weight is 302 g/mol. The molecule has 1 rings (SSSR count). The standard InChI is InChI=1S/C14H17F3N2O2/c1-4-7-19(9(2)3)13(20)10-5-6-12(11(18)8-10)21-14(15,16)17/h4-6,8-9H,1,7,18H2,2-3H3. The number of carbonyl (C=O) groups excluding carboxylic acids is 1. The van der Waals surface area contributed by atoms with Gasteiger partial charge in [-0.2, -0.15) is 0 Å². The molecule has 0 aliphatic carbocycles. The van der Waals surface area contributed by atoms with Crippen molar-refractivity contribution in [3.8, 4) is 5.75 Å². The molecule has 0 atom stereocenters. The van der Waals surface area contributed by atoms with E-state index >= 15 is 0 Å². The van der Waals surface area contributed by atoms with Crippen LogP contribution in [0.3, 0.4) is 0 Å². The van der Waals surface area contributed by atoms with Crippen LogP contribution in [-0.4, -0.2) is 29.8 Å². The molecular weight excluding hydrogens is 285 g/mol. The Morgan fingerprint density at radius 1 is 1.48 bits per heavy atom. The summed E-state index contributed by atoms with van der Waals surface area (Å²) in [5.74, 6) is -0.867. The Kier molecular flexibility index (Phi) is 5.23. The number of benzene rings is 1. The lowest BCUT2D eigenvalue weighted by Gasteiger charge is -2.25. The zero-order chi connectivity index (χ0) is 16.2. The van der Waals surface area contributed by atoms with Gasteiger partial charge in [0, 0.05) is 18.2 Å². The molecule has 0 spiro atoms. The number of ether oxygens (including phenoxy) is 1. The average Bonchev–Trinajstić information content (AvgIpc) is 2.35. The molecule has 0 saturated carbocycles. The molecule has 0 radical (unpaired) electrons. The summed E-state index contributed by atoms with van der Waals surface area (Å²) >= 11 is 0. The van der Waals surface area contributed by atoms with E-state index in [0.717, 1.165) is 6.07 Å². The van der Waals surface area contributed by atoms with Crippen LogP contribution in [0.2, 0.25) is 0 Å². The van der Waals surface area contributed by atoms with Gasteiger partial charge < -0.3 is 15.4 Å². The number of hydrogen-bond donors (Lipinski definition) is 1. The van der Waals surface area contributed by atoms with Crippen LogP contribution >= 0.6 is 0 Å². The van der Waals surface area contributed by atoms with Gasteiger partial charge in [-0.3, -0.25) is 4.79 Å². The third-order valence-corrected chi connectivity index (χ3v) is 2.69. The van der Waals surface area contributed by atoms with Gasteiger partial charge in [-0.15, -0.1) is 19.8 Å². The maximum absolute atomic E-state index is 12.3. The summed E-state index contributed by atoms with van der Waals surface area (Å²) in [4.78, 5) is 13.8. The van der Waals surface area contributed by atoms with Crippen molar-refractivity contribution in [3.63, 3.8) is 0 Å². The first-order valence-corrected chi connectivity index (χ1v) is 6.23. The molecular formula is C14H17F3N2O2. The normalized spacial score (nSPS) is 11.3. The number of amides is 1. The number of alkyl halides is 3. The summed E-state index contributed by atoms with van der Waals surface area (Å²) in [6.45, 7) is 7.55. The molecule has 21 heavy (non-hydrogen) atoms. The second-order valence-electron chi connectivity index (χ2n) is 4.64. The number of nitrogens with two attached hydrogens (primary N) is 1. The minimum Gasteiger partial charge on any atom is -0.404 e. The SMILES string of the molecule is C=CCN(C(=O)c1ccc(OC(F)(F)F)c(N)c1)C(C)C. The summed E-state index contributed by atoms with van der Waals surface area (Å²) in [5, 5.41) is 0. The molecule has 0 aromatic heterocycles. The Morgan fingerprint density at radius 2 is 2.10 bits per heavy atom. The van der Waals surface area contributed by atoms with Gasteiger partial charge in [0.15, 0.2) is 5.75 Å². The lowest BCUT2D eigenvalue weighted by atomic mass is 10.1. The van der Waals surface area contributed by atoms with Crippen molar-refractivity contribution in [1.82, 2.24) is 4.90 Å². The molecule has 7 heteroatoms. The number of carbonyl (C=O) groups is 1. The van der Waals surface area contributed by atoms with Crippen molar-refractivity contribution in [2.75, 3.05) is 12.3 Å². The van der Waals surface area contributed by atoms with Gasteiger partial charge in [-0.05, 0) is 32.0 Å². The zero-order valence-corrected chi connectivity index (χ0v) is 11.8. The van der Waals surface area contributed by atoms with Gasteiger partial charge in [0.05, 0.1) is 5.69 Å². The maximum Gasteiger partial charge on any atom is 0.573 e. The van der Waals surface area contributed by atoms with Crippen LogP contribution in [0.1, 0.15) is 24.2 Å². The van der Waals surface area contributed by atoms with Gasteiger partial charge >= 0.3 is 6.36 Å². The fourth-order valence-electron chi connectivity index (χ4n) is 1.73. The van der Waals surface area contributed by atoms with Crippen molar-refractivity contribution in [1.29, 1.82) is 0 Å². The maximum atomic E-state index is 12.3. The van der Waals surface area contributed by atoms with Crippen LogP contribution in [-0.2, 0) is 0 Å². The van der Waals surface area contributed by atoms with Gasteiger partial charge in [0.25, 0.3) is 5.91 Å². The van der Waals surface area contributed by atoms with Gasteiger partial charge in [-0.1, -0.05) is 6.08 Å². The predicted molar refractivity (Wildman–Crippen MR) is 73.9 cm³/mol. The lowest BCUT2D eigenvalue weighted by molar-refractivity contribution is -0.274. The fraction of sp³-hybridized carbons (Fsp3) is 0.357. The summed E-state index contributed by atoms with van der Waals surface area (Å²) in [5.41, 5.74) is 5.44. The van der Waals surface area contributed by atoms with Crippen molar-refractivity contribution in [2.45, 2.75) is 26.3 Å². The van der Waals surface area contributed by atoms with Gasteiger partial charge in [0.2, 0.25) is 0 Å². The Labute approximate surface area is 121 Å². The van der Waals surface area contributed by atoms with Gasteiger partial charge in [-0.25, -0.2) is 0 Å². The summed E-state index contributed by atoms with van der Waals surface area (Å²) in [6, 6.07) is 3.37. The Hall–Kier alpha value is -2.18. The van der Waals surface area contributed by atoms with E-state index in [9.17, 15) is 18.0 Å². The molecule has 0 aliphatic heterocycles. The first kappa shape index (κ1) is 16.9. The molecule has 1 amide bonds. The monoisotopic (exact) mass is 302 g/mol.